The Morgan fingerprint density at radius 3 is 2.34 bits per heavy atom. The largest absolute Gasteiger partial charge is 0.468 e. The van der Waals surface area contributed by atoms with Gasteiger partial charge in [0.2, 0.25) is 10.0 Å². The quantitative estimate of drug-likeness (QED) is 0.583. The highest BCUT2D eigenvalue weighted by Gasteiger charge is 2.28. The third kappa shape index (κ3) is 5.03. The lowest BCUT2D eigenvalue weighted by Crippen LogP contribution is -2.49. The summed E-state index contributed by atoms with van der Waals surface area (Å²) in [5.74, 6) is 0.476. The summed E-state index contributed by atoms with van der Waals surface area (Å²) < 4.78 is 47.5. The summed E-state index contributed by atoms with van der Waals surface area (Å²) in [4.78, 5) is 4.69. The minimum absolute atomic E-state index is 0.208. The number of anilines is 1. The van der Waals surface area contributed by atoms with E-state index in [1.54, 1.807) is 30.5 Å². The molecule has 0 bridgehead atoms. The molecule has 2 heterocycles. The lowest BCUT2D eigenvalue weighted by molar-refractivity contribution is 0.166. The molecule has 0 amide bonds. The summed E-state index contributed by atoms with van der Waals surface area (Å²) in [6.45, 7) is 7.04. The van der Waals surface area contributed by atoms with Crippen molar-refractivity contribution in [1.82, 2.24) is 9.62 Å². The molecule has 32 heavy (non-hydrogen) atoms. The summed E-state index contributed by atoms with van der Waals surface area (Å²) >= 11 is 0. The van der Waals surface area contributed by atoms with E-state index in [2.05, 4.69) is 14.5 Å². The molecule has 1 fully saturated rings. The number of benzene rings is 2. The van der Waals surface area contributed by atoms with Gasteiger partial charge in [-0.1, -0.05) is 6.07 Å². The Kier molecular flexibility index (Phi) is 6.64. The monoisotopic (exact) mass is 457 g/mol. The molecule has 1 aliphatic rings. The normalized spacial score (nSPS) is 16.3. The molecule has 2 aromatic carbocycles. The van der Waals surface area contributed by atoms with Crippen LogP contribution in [0.2, 0.25) is 0 Å². The average molecular weight is 458 g/mol. The highest BCUT2D eigenvalue weighted by atomic mass is 32.2. The van der Waals surface area contributed by atoms with Gasteiger partial charge in [0.15, 0.2) is 0 Å². The van der Waals surface area contributed by atoms with E-state index in [0.717, 1.165) is 48.8 Å². The van der Waals surface area contributed by atoms with E-state index in [4.69, 9.17) is 4.42 Å². The van der Waals surface area contributed by atoms with Crippen LogP contribution in [-0.2, 0) is 10.0 Å². The maximum Gasteiger partial charge on any atom is 0.240 e. The zero-order valence-electron chi connectivity index (χ0n) is 18.3. The molecule has 1 saturated heterocycles. The Balaban J connectivity index is 1.45. The number of rotatable bonds is 7. The number of hydrogen-bond donors (Lipinski definition) is 1. The molecule has 1 N–H and O–H groups in total. The van der Waals surface area contributed by atoms with Crippen molar-refractivity contribution in [3.05, 3.63) is 83.6 Å². The highest BCUT2D eigenvalue weighted by molar-refractivity contribution is 7.89. The van der Waals surface area contributed by atoms with Crippen LogP contribution in [0.25, 0.3) is 0 Å². The Labute approximate surface area is 188 Å². The molecule has 170 valence electrons. The number of sulfonamides is 1. The van der Waals surface area contributed by atoms with Gasteiger partial charge >= 0.3 is 0 Å². The first-order chi connectivity index (χ1) is 15.3. The first-order valence-electron chi connectivity index (χ1n) is 10.7. The molecule has 1 aromatic heterocycles. The molecule has 3 aromatic rings. The van der Waals surface area contributed by atoms with E-state index in [1.807, 2.05) is 32.0 Å². The highest BCUT2D eigenvalue weighted by Crippen LogP contribution is 2.25. The van der Waals surface area contributed by atoms with E-state index < -0.39 is 10.0 Å². The van der Waals surface area contributed by atoms with Crippen molar-refractivity contribution in [2.45, 2.75) is 24.8 Å². The molecule has 8 heteroatoms. The predicted octanol–water partition coefficient (Wildman–Crippen LogP) is 3.88. The number of aryl methyl sites for hydroxylation is 2. The van der Waals surface area contributed by atoms with Crippen molar-refractivity contribution < 1.29 is 17.2 Å². The summed E-state index contributed by atoms with van der Waals surface area (Å²) in [5.41, 5.74) is 2.97. The minimum atomic E-state index is -3.65. The van der Waals surface area contributed by atoms with Crippen molar-refractivity contribution in [2.75, 3.05) is 37.6 Å². The van der Waals surface area contributed by atoms with Gasteiger partial charge in [-0.2, -0.15) is 0 Å². The van der Waals surface area contributed by atoms with Crippen LogP contribution in [-0.4, -0.2) is 46.0 Å². The van der Waals surface area contributed by atoms with Crippen LogP contribution in [0.5, 0.6) is 0 Å². The van der Waals surface area contributed by atoms with E-state index in [1.165, 1.54) is 12.1 Å². The predicted molar refractivity (Wildman–Crippen MR) is 123 cm³/mol. The number of nitrogens with one attached hydrogen (secondary N) is 1. The van der Waals surface area contributed by atoms with Crippen molar-refractivity contribution >= 4 is 15.7 Å². The Morgan fingerprint density at radius 1 is 1.00 bits per heavy atom. The maximum absolute atomic E-state index is 13.2. The van der Waals surface area contributed by atoms with Gasteiger partial charge in [0.1, 0.15) is 11.6 Å². The van der Waals surface area contributed by atoms with E-state index in [0.29, 0.717) is 0 Å². The molecule has 1 unspecified atom stereocenters. The molecular weight excluding hydrogens is 429 g/mol. The van der Waals surface area contributed by atoms with Crippen molar-refractivity contribution in [3.63, 3.8) is 0 Å². The zero-order valence-corrected chi connectivity index (χ0v) is 19.1. The number of nitrogens with zero attached hydrogens (tertiary/aromatic N) is 2. The zero-order chi connectivity index (χ0) is 22.7. The molecule has 4 rings (SSSR count). The number of furan rings is 1. The van der Waals surface area contributed by atoms with Crippen LogP contribution in [0.4, 0.5) is 10.1 Å². The van der Waals surface area contributed by atoms with Crippen LogP contribution in [0.1, 0.15) is 22.9 Å². The van der Waals surface area contributed by atoms with Gasteiger partial charge in [-0.05, 0) is 73.5 Å². The molecular formula is C24H28FN3O3S. The maximum atomic E-state index is 13.2. The van der Waals surface area contributed by atoms with Crippen molar-refractivity contribution in [1.29, 1.82) is 0 Å². The van der Waals surface area contributed by atoms with Crippen molar-refractivity contribution in [3.8, 4) is 0 Å². The fourth-order valence-electron chi connectivity index (χ4n) is 3.99. The molecule has 1 aliphatic heterocycles. The fraction of sp³-hybridized carbons (Fsp3) is 0.333. The van der Waals surface area contributed by atoms with Crippen molar-refractivity contribution in [2.24, 2.45) is 0 Å². The lowest BCUT2D eigenvalue weighted by Gasteiger charge is -2.39. The second kappa shape index (κ2) is 9.44. The Hall–Kier alpha value is -2.68. The van der Waals surface area contributed by atoms with Gasteiger partial charge in [0.05, 0.1) is 17.2 Å². The molecule has 6 nitrogen and oxygen atoms in total. The topological polar surface area (TPSA) is 65.8 Å². The van der Waals surface area contributed by atoms with Gasteiger partial charge in [-0.3, -0.25) is 4.90 Å². The second-order valence-corrected chi connectivity index (χ2v) is 9.90. The van der Waals surface area contributed by atoms with Gasteiger partial charge in [-0.25, -0.2) is 17.5 Å². The summed E-state index contributed by atoms with van der Waals surface area (Å²) in [5, 5.41) is 0. The van der Waals surface area contributed by atoms with E-state index >= 15 is 0 Å². The van der Waals surface area contributed by atoms with E-state index in [-0.39, 0.29) is 23.3 Å². The third-order valence-electron chi connectivity index (χ3n) is 6.07. The van der Waals surface area contributed by atoms with Gasteiger partial charge in [0.25, 0.3) is 0 Å². The van der Waals surface area contributed by atoms with E-state index in [9.17, 15) is 12.8 Å². The van der Waals surface area contributed by atoms with Crippen LogP contribution in [0, 0.1) is 19.7 Å². The lowest BCUT2D eigenvalue weighted by atomic mass is 10.1. The summed E-state index contributed by atoms with van der Waals surface area (Å²) in [7, 11) is -3.65. The standard InChI is InChI=1S/C24H28FN3O3S/c1-18-5-10-22(16-19(18)2)32(29,30)26-17-23(24-4-3-15-31-24)28-13-11-27(12-14-28)21-8-6-20(25)7-9-21/h3-10,15-16,23,26H,11-14,17H2,1-2H3. The minimum Gasteiger partial charge on any atom is -0.468 e. The fourth-order valence-corrected chi connectivity index (χ4v) is 5.11. The SMILES string of the molecule is Cc1ccc(S(=O)(=O)NCC(c2ccco2)N2CCN(c3ccc(F)cc3)CC2)cc1C. The van der Waals surface area contributed by atoms with Gasteiger partial charge < -0.3 is 9.32 Å². The molecule has 0 aliphatic carbocycles. The Morgan fingerprint density at radius 2 is 1.72 bits per heavy atom. The smallest absolute Gasteiger partial charge is 0.240 e. The molecule has 1 atom stereocenters. The first-order valence-corrected chi connectivity index (χ1v) is 12.2. The molecule has 0 spiro atoms. The van der Waals surface area contributed by atoms with Gasteiger partial charge in [0, 0.05) is 38.4 Å². The van der Waals surface area contributed by atoms with Crippen LogP contribution >= 0.6 is 0 Å². The number of halogens is 1. The van der Waals surface area contributed by atoms with Crippen LogP contribution < -0.4 is 9.62 Å². The third-order valence-corrected chi connectivity index (χ3v) is 7.50. The average Bonchev–Trinajstić information content (AvgIpc) is 3.31. The second-order valence-electron chi connectivity index (χ2n) is 8.13. The number of piperazine rings is 1. The molecule has 0 saturated carbocycles. The van der Waals surface area contributed by atoms with Crippen LogP contribution in [0.3, 0.4) is 0 Å². The van der Waals surface area contributed by atoms with Gasteiger partial charge in [-0.15, -0.1) is 0 Å². The molecule has 0 radical (unpaired) electrons. The Bertz CT molecular complexity index is 1140. The summed E-state index contributed by atoms with van der Waals surface area (Å²) in [6, 6.07) is 15.1. The summed E-state index contributed by atoms with van der Waals surface area (Å²) in [6.07, 6.45) is 1.61. The van der Waals surface area contributed by atoms with Crippen LogP contribution in [0.15, 0.2) is 70.2 Å². The number of hydrogen-bond acceptors (Lipinski definition) is 5. The first kappa shape index (κ1) is 22.5.